The maximum atomic E-state index is 11.4. The number of hydrogen-bond acceptors (Lipinski definition) is 1. The van der Waals surface area contributed by atoms with Crippen LogP contribution in [0.1, 0.15) is 17.9 Å². The molecule has 1 aromatic carbocycles. The molecule has 2 nitrogen and oxygen atoms in total. The van der Waals surface area contributed by atoms with E-state index in [9.17, 15) is 4.79 Å². The Bertz CT molecular complexity index is 402. The van der Waals surface area contributed by atoms with Crippen molar-refractivity contribution in [2.45, 2.75) is 12.3 Å². The Morgan fingerprint density at radius 3 is 3.08 bits per heavy atom. The molecular weight excluding hydrogens is 230 g/mol. The van der Waals surface area contributed by atoms with Crippen LogP contribution in [0, 0.1) is 5.92 Å². The van der Waals surface area contributed by atoms with Crippen molar-refractivity contribution in [1.82, 2.24) is 0 Å². The van der Waals surface area contributed by atoms with Gasteiger partial charge in [-0.05, 0) is 36.1 Å². The summed E-state index contributed by atoms with van der Waals surface area (Å²) in [6.07, 6.45) is 1.02. The number of nitrogens with one attached hydrogen (secondary N) is 1. The third kappa shape index (κ3) is 1.03. The molecule has 1 aliphatic heterocycles. The molecule has 1 saturated carbocycles. The molecule has 0 radical (unpaired) electrons. The normalized spacial score (nSPS) is 28.8. The van der Waals surface area contributed by atoms with Crippen molar-refractivity contribution in [3.8, 4) is 0 Å². The van der Waals surface area contributed by atoms with Crippen molar-refractivity contribution in [3.05, 3.63) is 28.2 Å². The molecule has 0 unspecified atom stereocenters. The Kier molecular flexibility index (Phi) is 1.37. The Labute approximate surface area is 84.5 Å². The van der Waals surface area contributed by atoms with Crippen LogP contribution in [0.25, 0.3) is 0 Å². The highest BCUT2D eigenvalue weighted by atomic mass is 79.9. The van der Waals surface area contributed by atoms with Gasteiger partial charge in [-0.25, -0.2) is 0 Å². The van der Waals surface area contributed by atoms with E-state index in [1.807, 2.05) is 12.1 Å². The van der Waals surface area contributed by atoms with Gasteiger partial charge in [0.2, 0.25) is 5.91 Å². The maximum absolute atomic E-state index is 11.4. The van der Waals surface area contributed by atoms with Crippen LogP contribution in [0.15, 0.2) is 22.7 Å². The van der Waals surface area contributed by atoms with E-state index in [4.69, 9.17) is 0 Å². The average molecular weight is 238 g/mol. The maximum Gasteiger partial charge on any atom is 0.228 e. The molecule has 3 heteroatoms. The lowest BCUT2D eigenvalue weighted by Crippen LogP contribution is -2.19. The molecule has 0 saturated heterocycles. The van der Waals surface area contributed by atoms with E-state index in [1.165, 1.54) is 5.56 Å². The summed E-state index contributed by atoms with van der Waals surface area (Å²) in [4.78, 5) is 11.4. The second-order valence-electron chi connectivity index (χ2n) is 3.67. The highest BCUT2D eigenvalue weighted by Gasteiger charge is 2.48. The molecule has 0 spiro atoms. The number of hydrogen-bond donors (Lipinski definition) is 1. The first-order valence-corrected chi connectivity index (χ1v) is 5.15. The van der Waals surface area contributed by atoms with Crippen LogP contribution in [0.4, 0.5) is 5.69 Å². The highest BCUT2D eigenvalue weighted by Crippen LogP contribution is 2.53. The number of benzene rings is 1. The van der Waals surface area contributed by atoms with Crippen LogP contribution >= 0.6 is 15.9 Å². The van der Waals surface area contributed by atoms with Gasteiger partial charge in [0.05, 0.1) is 0 Å². The molecule has 0 aromatic heterocycles. The first-order chi connectivity index (χ1) is 6.25. The predicted octanol–water partition coefficient (Wildman–Crippen LogP) is 2.50. The summed E-state index contributed by atoms with van der Waals surface area (Å²) >= 11 is 3.44. The van der Waals surface area contributed by atoms with E-state index in [1.54, 1.807) is 0 Å². The quantitative estimate of drug-likeness (QED) is 0.739. The number of amides is 1. The number of carbonyl (C=O) groups is 1. The number of carbonyl (C=O) groups excluding carboxylic acids is 1. The molecule has 0 bridgehead atoms. The summed E-state index contributed by atoms with van der Waals surface area (Å²) in [5.74, 6) is 0.933. The number of rotatable bonds is 0. The zero-order chi connectivity index (χ0) is 9.00. The van der Waals surface area contributed by atoms with Crippen LogP contribution in [0.5, 0.6) is 0 Å². The number of fused-ring (bicyclic) bond motifs is 3. The minimum atomic E-state index is 0.194. The Morgan fingerprint density at radius 1 is 1.38 bits per heavy atom. The van der Waals surface area contributed by atoms with Gasteiger partial charge in [0.15, 0.2) is 0 Å². The summed E-state index contributed by atoms with van der Waals surface area (Å²) in [7, 11) is 0. The van der Waals surface area contributed by atoms with E-state index in [-0.39, 0.29) is 11.8 Å². The van der Waals surface area contributed by atoms with Crippen molar-refractivity contribution < 1.29 is 4.79 Å². The second kappa shape index (κ2) is 2.35. The molecule has 1 N–H and O–H groups in total. The van der Waals surface area contributed by atoms with Gasteiger partial charge < -0.3 is 5.32 Å². The van der Waals surface area contributed by atoms with Gasteiger partial charge in [0.25, 0.3) is 0 Å². The summed E-state index contributed by atoms with van der Waals surface area (Å²) in [6, 6.07) is 6.03. The zero-order valence-corrected chi connectivity index (χ0v) is 8.47. The Morgan fingerprint density at radius 2 is 2.23 bits per heavy atom. The lowest BCUT2D eigenvalue weighted by molar-refractivity contribution is -0.117. The van der Waals surface area contributed by atoms with Gasteiger partial charge in [0.1, 0.15) is 0 Å². The zero-order valence-electron chi connectivity index (χ0n) is 6.88. The van der Waals surface area contributed by atoms with E-state index >= 15 is 0 Å². The predicted molar refractivity (Wildman–Crippen MR) is 53.6 cm³/mol. The average Bonchev–Trinajstić information content (AvgIpc) is 2.86. The topological polar surface area (TPSA) is 29.1 Å². The fourth-order valence-corrected chi connectivity index (χ4v) is 2.39. The van der Waals surface area contributed by atoms with Crippen molar-refractivity contribution >= 4 is 27.5 Å². The molecule has 1 aromatic rings. The lowest BCUT2D eigenvalue weighted by atomic mass is 10.0. The minimum absolute atomic E-state index is 0.194. The SMILES string of the molecule is O=C1Nc2ccc(Br)cc2[C@@H]2C[C@H]12. The fourth-order valence-electron chi connectivity index (χ4n) is 2.01. The van der Waals surface area contributed by atoms with Gasteiger partial charge in [0, 0.05) is 16.1 Å². The largest absolute Gasteiger partial charge is 0.326 e. The molecule has 2 atom stereocenters. The number of halogens is 1. The van der Waals surface area contributed by atoms with E-state index in [0.29, 0.717) is 5.92 Å². The van der Waals surface area contributed by atoms with Crippen molar-refractivity contribution in [1.29, 1.82) is 0 Å². The Balaban J connectivity index is 2.15. The van der Waals surface area contributed by atoms with Crippen LogP contribution in [0.3, 0.4) is 0 Å². The number of anilines is 1. The van der Waals surface area contributed by atoms with Crippen LogP contribution in [-0.4, -0.2) is 5.91 Å². The highest BCUT2D eigenvalue weighted by molar-refractivity contribution is 9.10. The third-order valence-electron chi connectivity index (χ3n) is 2.80. The standard InChI is InChI=1S/C10H8BrNO/c11-5-1-2-9-7(3-5)6-4-8(6)10(13)12-9/h1-3,6,8H,4H2,(H,12,13)/t6-,8-/m0/s1. The van der Waals surface area contributed by atoms with Crippen molar-refractivity contribution in [2.75, 3.05) is 5.32 Å². The van der Waals surface area contributed by atoms with Gasteiger partial charge >= 0.3 is 0 Å². The van der Waals surface area contributed by atoms with Gasteiger partial charge in [-0.15, -0.1) is 0 Å². The first-order valence-electron chi connectivity index (χ1n) is 4.36. The van der Waals surface area contributed by atoms with Crippen LogP contribution in [0.2, 0.25) is 0 Å². The van der Waals surface area contributed by atoms with E-state index in [0.717, 1.165) is 16.6 Å². The molecule has 1 aliphatic carbocycles. The molecular formula is C10H8BrNO. The summed E-state index contributed by atoms with van der Waals surface area (Å²) < 4.78 is 1.09. The smallest absolute Gasteiger partial charge is 0.228 e. The first kappa shape index (κ1) is 7.56. The molecule has 66 valence electrons. The summed E-state index contributed by atoms with van der Waals surface area (Å²) in [6.45, 7) is 0. The second-order valence-corrected chi connectivity index (χ2v) is 4.59. The van der Waals surface area contributed by atoms with Gasteiger partial charge in [-0.1, -0.05) is 15.9 Å². The van der Waals surface area contributed by atoms with Crippen LogP contribution < -0.4 is 5.32 Å². The van der Waals surface area contributed by atoms with E-state index < -0.39 is 0 Å². The van der Waals surface area contributed by atoms with Crippen molar-refractivity contribution in [3.63, 3.8) is 0 Å². The van der Waals surface area contributed by atoms with E-state index in [2.05, 4.69) is 27.3 Å². The lowest BCUT2D eigenvalue weighted by Gasteiger charge is -2.15. The fraction of sp³-hybridized carbons (Fsp3) is 0.300. The molecule has 13 heavy (non-hydrogen) atoms. The molecule has 3 rings (SSSR count). The van der Waals surface area contributed by atoms with Crippen molar-refractivity contribution in [2.24, 2.45) is 5.92 Å². The Hall–Kier alpha value is -0.830. The molecule has 1 fully saturated rings. The molecule has 1 heterocycles. The third-order valence-corrected chi connectivity index (χ3v) is 3.29. The molecule has 2 aliphatic rings. The van der Waals surface area contributed by atoms with Crippen LogP contribution in [-0.2, 0) is 4.79 Å². The summed E-state index contributed by atoms with van der Waals surface area (Å²) in [5, 5.41) is 2.92. The van der Waals surface area contributed by atoms with Gasteiger partial charge in [-0.3, -0.25) is 4.79 Å². The summed E-state index contributed by atoms with van der Waals surface area (Å²) in [5.41, 5.74) is 2.28. The van der Waals surface area contributed by atoms with Gasteiger partial charge in [-0.2, -0.15) is 0 Å². The monoisotopic (exact) mass is 237 g/mol. The minimum Gasteiger partial charge on any atom is -0.326 e. The molecule has 1 amide bonds.